The van der Waals surface area contributed by atoms with Crippen LogP contribution in [-0.2, 0) is 0 Å². The molecule has 0 aliphatic rings. The van der Waals surface area contributed by atoms with E-state index in [2.05, 4.69) is 20.1 Å². The number of nitrogens with one attached hydrogen (secondary N) is 2. The fourth-order valence-electron chi connectivity index (χ4n) is 3.85. The lowest BCUT2D eigenvalue weighted by molar-refractivity contribution is 0.393. The number of fused-ring (bicyclic) bond motifs is 1. The van der Waals surface area contributed by atoms with Crippen LogP contribution in [0.15, 0.2) is 64.0 Å². The molecule has 0 unspecified atom stereocenters. The SMILES string of the molecule is Cc1noc(C)c1-c1cc(-c2cccnc2-c2ccc(F)cc2)c2[nH]c(=O)[nH]c2c1. The van der Waals surface area contributed by atoms with Crippen molar-refractivity contribution in [1.82, 2.24) is 20.1 Å². The molecule has 30 heavy (non-hydrogen) atoms. The predicted molar refractivity (Wildman–Crippen MR) is 113 cm³/mol. The summed E-state index contributed by atoms with van der Waals surface area (Å²) in [6, 6.07) is 13.8. The van der Waals surface area contributed by atoms with Crippen LogP contribution in [0.25, 0.3) is 44.5 Å². The molecule has 2 aromatic carbocycles. The Hall–Kier alpha value is -4.00. The normalized spacial score (nSPS) is 11.3. The van der Waals surface area contributed by atoms with Gasteiger partial charge in [-0.1, -0.05) is 11.2 Å². The van der Waals surface area contributed by atoms with Gasteiger partial charge in [0, 0.05) is 28.5 Å². The molecule has 0 radical (unpaired) electrons. The second kappa shape index (κ2) is 6.81. The van der Waals surface area contributed by atoms with Crippen LogP contribution in [0.4, 0.5) is 4.39 Å². The Morgan fingerprint density at radius 2 is 1.77 bits per heavy atom. The van der Waals surface area contributed by atoms with Crippen molar-refractivity contribution < 1.29 is 8.91 Å². The molecule has 0 aliphatic heterocycles. The lowest BCUT2D eigenvalue weighted by atomic mass is 9.94. The van der Waals surface area contributed by atoms with Gasteiger partial charge in [-0.25, -0.2) is 9.18 Å². The summed E-state index contributed by atoms with van der Waals surface area (Å²) in [4.78, 5) is 22.4. The van der Waals surface area contributed by atoms with Crippen LogP contribution >= 0.6 is 0 Å². The van der Waals surface area contributed by atoms with Gasteiger partial charge in [0.1, 0.15) is 11.6 Å². The van der Waals surface area contributed by atoms with Crippen molar-refractivity contribution in [3.8, 4) is 33.5 Å². The van der Waals surface area contributed by atoms with E-state index in [9.17, 15) is 9.18 Å². The van der Waals surface area contributed by atoms with Crippen molar-refractivity contribution in [2.75, 3.05) is 0 Å². The Morgan fingerprint density at radius 1 is 0.967 bits per heavy atom. The quantitative estimate of drug-likeness (QED) is 0.446. The third-order valence-corrected chi connectivity index (χ3v) is 5.16. The van der Waals surface area contributed by atoms with Gasteiger partial charge in [-0.3, -0.25) is 4.98 Å². The van der Waals surface area contributed by atoms with E-state index in [0.29, 0.717) is 22.5 Å². The van der Waals surface area contributed by atoms with Gasteiger partial charge in [-0.05, 0) is 61.9 Å². The molecule has 0 saturated carbocycles. The standard InChI is InChI=1S/C23H17FN4O2/c1-12-20(13(2)30-28-12)15-10-18(22-19(11-15)26-23(29)27-22)17-4-3-9-25-21(17)14-5-7-16(24)8-6-14/h3-11H,1-2H3,(H2,26,27,29). The average Bonchev–Trinajstić information content (AvgIpc) is 3.28. The summed E-state index contributed by atoms with van der Waals surface area (Å²) in [7, 11) is 0. The van der Waals surface area contributed by atoms with Crippen molar-refractivity contribution in [2.45, 2.75) is 13.8 Å². The highest BCUT2D eigenvalue weighted by Crippen LogP contribution is 2.38. The average molecular weight is 400 g/mol. The molecular weight excluding hydrogens is 383 g/mol. The number of H-pyrrole nitrogens is 2. The highest BCUT2D eigenvalue weighted by Gasteiger charge is 2.18. The Labute approximate surface area is 170 Å². The van der Waals surface area contributed by atoms with Gasteiger partial charge in [0.15, 0.2) is 0 Å². The minimum atomic E-state index is -0.311. The fourth-order valence-corrected chi connectivity index (χ4v) is 3.85. The molecular formula is C23H17FN4O2. The molecule has 0 aliphatic carbocycles. The fraction of sp³-hybridized carbons (Fsp3) is 0.0870. The lowest BCUT2D eigenvalue weighted by Crippen LogP contribution is -1.99. The van der Waals surface area contributed by atoms with Gasteiger partial charge in [-0.2, -0.15) is 0 Å². The minimum absolute atomic E-state index is 0.297. The molecule has 0 amide bonds. The van der Waals surface area contributed by atoms with Crippen LogP contribution in [0, 0.1) is 19.7 Å². The van der Waals surface area contributed by atoms with Crippen molar-refractivity contribution in [1.29, 1.82) is 0 Å². The second-order valence-corrected chi connectivity index (χ2v) is 7.13. The van der Waals surface area contributed by atoms with Gasteiger partial charge < -0.3 is 14.5 Å². The number of imidazole rings is 1. The molecule has 2 N–H and O–H groups in total. The van der Waals surface area contributed by atoms with Crippen LogP contribution in [0.2, 0.25) is 0 Å². The molecule has 7 heteroatoms. The Balaban J connectivity index is 1.82. The Kier molecular flexibility index (Phi) is 4.10. The maximum atomic E-state index is 13.4. The summed E-state index contributed by atoms with van der Waals surface area (Å²) in [6.07, 6.45) is 1.69. The molecule has 0 fully saturated rings. The van der Waals surface area contributed by atoms with Gasteiger partial charge >= 0.3 is 5.69 Å². The monoisotopic (exact) mass is 400 g/mol. The highest BCUT2D eigenvalue weighted by atomic mass is 19.1. The van der Waals surface area contributed by atoms with E-state index in [-0.39, 0.29) is 11.5 Å². The number of hydrogen-bond donors (Lipinski definition) is 2. The third-order valence-electron chi connectivity index (χ3n) is 5.16. The number of nitrogens with zero attached hydrogens (tertiary/aromatic N) is 2. The smallest absolute Gasteiger partial charge is 0.323 e. The minimum Gasteiger partial charge on any atom is -0.361 e. The largest absolute Gasteiger partial charge is 0.361 e. The molecule has 0 spiro atoms. The van der Waals surface area contributed by atoms with Crippen molar-refractivity contribution in [3.05, 3.63) is 82.5 Å². The highest BCUT2D eigenvalue weighted by molar-refractivity contribution is 5.99. The van der Waals surface area contributed by atoms with Gasteiger partial charge in [0.2, 0.25) is 0 Å². The number of halogens is 1. The third kappa shape index (κ3) is 2.91. The van der Waals surface area contributed by atoms with Gasteiger partial charge in [0.05, 0.1) is 22.4 Å². The maximum absolute atomic E-state index is 13.4. The van der Waals surface area contributed by atoms with Crippen LogP contribution in [0.3, 0.4) is 0 Å². The van der Waals surface area contributed by atoms with Crippen molar-refractivity contribution in [3.63, 3.8) is 0 Å². The van der Waals surface area contributed by atoms with Crippen molar-refractivity contribution >= 4 is 11.0 Å². The molecule has 0 atom stereocenters. The molecule has 148 valence electrons. The number of benzene rings is 2. The summed E-state index contributed by atoms with van der Waals surface area (Å²) in [5.74, 6) is 0.384. The first-order valence-corrected chi connectivity index (χ1v) is 9.42. The van der Waals surface area contributed by atoms with E-state index in [4.69, 9.17) is 4.52 Å². The molecule has 0 bridgehead atoms. The van der Waals surface area contributed by atoms with Crippen LogP contribution in [-0.4, -0.2) is 20.1 Å². The Bertz CT molecular complexity index is 1430. The lowest BCUT2D eigenvalue weighted by Gasteiger charge is -2.12. The first-order valence-electron chi connectivity index (χ1n) is 9.42. The first kappa shape index (κ1) is 18.1. The number of hydrogen-bond acceptors (Lipinski definition) is 4. The number of pyridine rings is 1. The molecule has 5 aromatic rings. The van der Waals surface area contributed by atoms with E-state index in [1.165, 1.54) is 12.1 Å². The zero-order valence-corrected chi connectivity index (χ0v) is 16.3. The second-order valence-electron chi connectivity index (χ2n) is 7.13. The van der Waals surface area contributed by atoms with Crippen LogP contribution < -0.4 is 5.69 Å². The zero-order chi connectivity index (χ0) is 20.8. The topological polar surface area (TPSA) is 87.6 Å². The molecule has 0 saturated heterocycles. The summed E-state index contributed by atoms with van der Waals surface area (Å²) in [6.45, 7) is 3.73. The summed E-state index contributed by atoms with van der Waals surface area (Å²) in [5.41, 5.74) is 6.65. The number of rotatable bonds is 3. The maximum Gasteiger partial charge on any atom is 0.323 e. The number of aryl methyl sites for hydroxylation is 2. The van der Waals surface area contributed by atoms with E-state index in [1.54, 1.807) is 18.3 Å². The molecule has 3 heterocycles. The zero-order valence-electron chi connectivity index (χ0n) is 16.3. The van der Waals surface area contributed by atoms with Crippen molar-refractivity contribution in [2.24, 2.45) is 0 Å². The summed E-state index contributed by atoms with van der Waals surface area (Å²) < 4.78 is 18.8. The predicted octanol–water partition coefficient (Wildman–Crippen LogP) is 5.00. The van der Waals surface area contributed by atoms with E-state index >= 15 is 0 Å². The van der Waals surface area contributed by atoms with E-state index in [0.717, 1.165) is 33.5 Å². The van der Waals surface area contributed by atoms with Crippen LogP contribution in [0.1, 0.15) is 11.5 Å². The summed E-state index contributed by atoms with van der Waals surface area (Å²) in [5, 5.41) is 4.05. The van der Waals surface area contributed by atoms with E-state index < -0.39 is 0 Å². The molecule has 3 aromatic heterocycles. The van der Waals surface area contributed by atoms with Gasteiger partial charge in [0.25, 0.3) is 0 Å². The molecule has 5 rings (SSSR count). The number of aromatic amines is 2. The Morgan fingerprint density at radius 3 is 2.50 bits per heavy atom. The van der Waals surface area contributed by atoms with E-state index in [1.807, 2.05) is 38.1 Å². The number of aromatic nitrogens is 4. The first-order chi connectivity index (χ1) is 14.5. The van der Waals surface area contributed by atoms with Crippen LogP contribution in [0.5, 0.6) is 0 Å². The van der Waals surface area contributed by atoms with Gasteiger partial charge in [-0.15, -0.1) is 0 Å². The summed E-state index contributed by atoms with van der Waals surface area (Å²) >= 11 is 0. The molecule has 6 nitrogen and oxygen atoms in total.